The molecule has 0 spiro atoms. The number of alkyl halides is 3. The molecule has 0 saturated carbocycles. The summed E-state index contributed by atoms with van der Waals surface area (Å²) in [7, 11) is 1.65. The number of rotatable bonds is 6. The van der Waals surface area contributed by atoms with Crippen LogP contribution in [0.1, 0.15) is 30.4 Å². The van der Waals surface area contributed by atoms with Crippen LogP contribution in [0.4, 0.5) is 30.2 Å². The van der Waals surface area contributed by atoms with Crippen molar-refractivity contribution in [3.05, 3.63) is 52.5 Å². The van der Waals surface area contributed by atoms with Crippen LogP contribution in [0.25, 0.3) is 0 Å². The Morgan fingerprint density at radius 1 is 1.13 bits per heavy atom. The molecule has 13 heteroatoms. The van der Waals surface area contributed by atoms with Gasteiger partial charge in [-0.3, -0.25) is 9.59 Å². The Morgan fingerprint density at radius 3 is 2.45 bits per heavy atom. The van der Waals surface area contributed by atoms with Crippen LogP contribution < -0.4 is 10.6 Å². The maximum Gasteiger partial charge on any atom is 0.416 e. The number of carboxylic acid groups (broad SMARTS) is 2. The summed E-state index contributed by atoms with van der Waals surface area (Å²) in [6.45, 7) is 2.56. The molecule has 2 aliphatic heterocycles. The highest BCUT2D eigenvalue weighted by atomic mass is 35.5. The van der Waals surface area contributed by atoms with Crippen molar-refractivity contribution >= 4 is 46.4 Å². The second-order valence-electron chi connectivity index (χ2n) is 8.65. The minimum absolute atomic E-state index is 0.158. The lowest BCUT2D eigenvalue weighted by Crippen LogP contribution is -2.53. The van der Waals surface area contributed by atoms with E-state index in [0.717, 1.165) is 12.5 Å². The van der Waals surface area contributed by atoms with Crippen molar-refractivity contribution in [3.8, 4) is 0 Å². The Bertz CT molecular complexity index is 1180. The average Bonchev–Trinajstić information content (AvgIpc) is 3.02. The Hall–Kier alpha value is -3.35. The van der Waals surface area contributed by atoms with Crippen LogP contribution in [0, 0.1) is 0 Å². The average molecular weight is 557 g/mol. The van der Waals surface area contributed by atoms with Gasteiger partial charge in [-0.15, -0.1) is 0 Å². The van der Waals surface area contributed by atoms with Gasteiger partial charge in [0.25, 0.3) is 0 Å². The number of anilines is 2. The zero-order valence-corrected chi connectivity index (χ0v) is 21.3. The van der Waals surface area contributed by atoms with E-state index in [0.29, 0.717) is 59.7 Å². The van der Waals surface area contributed by atoms with Crippen molar-refractivity contribution in [2.75, 3.05) is 38.7 Å². The van der Waals surface area contributed by atoms with Gasteiger partial charge in [-0.1, -0.05) is 11.6 Å². The number of halogens is 4. The molecule has 38 heavy (non-hydrogen) atoms. The number of methoxy groups -OCH3 is 1. The van der Waals surface area contributed by atoms with E-state index in [-0.39, 0.29) is 18.9 Å². The van der Waals surface area contributed by atoms with E-state index in [2.05, 4.69) is 10.6 Å². The lowest BCUT2D eigenvalue weighted by Gasteiger charge is -2.36. The number of hydrogen-bond donors (Lipinski definition) is 4. The van der Waals surface area contributed by atoms with Gasteiger partial charge in [-0.25, -0.2) is 4.99 Å². The van der Waals surface area contributed by atoms with Gasteiger partial charge in [0.1, 0.15) is 5.84 Å². The Labute approximate surface area is 222 Å². The molecule has 0 aliphatic carbocycles. The predicted molar refractivity (Wildman–Crippen MR) is 137 cm³/mol. The zero-order valence-electron chi connectivity index (χ0n) is 20.5. The molecule has 0 aromatic heterocycles. The van der Waals surface area contributed by atoms with Crippen LogP contribution in [-0.4, -0.2) is 72.3 Å². The van der Waals surface area contributed by atoms with Gasteiger partial charge in [-0.2, -0.15) is 13.2 Å². The fourth-order valence-electron chi connectivity index (χ4n) is 3.96. The van der Waals surface area contributed by atoms with E-state index >= 15 is 0 Å². The minimum Gasteiger partial charge on any atom is -0.481 e. The molecule has 0 bridgehead atoms. The van der Waals surface area contributed by atoms with E-state index in [4.69, 9.17) is 31.5 Å². The van der Waals surface area contributed by atoms with E-state index < -0.39 is 23.7 Å². The lowest BCUT2D eigenvalue weighted by molar-refractivity contribution is -0.143. The topological polar surface area (TPSA) is 123 Å². The number of benzene rings is 2. The highest BCUT2D eigenvalue weighted by molar-refractivity contribution is 6.31. The molecule has 2 aliphatic rings. The highest BCUT2D eigenvalue weighted by Gasteiger charge is 2.33. The lowest BCUT2D eigenvalue weighted by atomic mass is 10.0. The minimum atomic E-state index is -4.44. The molecule has 1 fully saturated rings. The van der Waals surface area contributed by atoms with E-state index in [1.165, 1.54) is 12.1 Å². The molecule has 2 heterocycles. The molecular formula is C25H28ClF3N4O5. The van der Waals surface area contributed by atoms with Crippen LogP contribution in [0.3, 0.4) is 0 Å². The van der Waals surface area contributed by atoms with Crippen LogP contribution in [0.15, 0.2) is 41.4 Å². The Kier molecular flexibility index (Phi) is 9.95. The first-order chi connectivity index (χ1) is 18.0. The smallest absolute Gasteiger partial charge is 0.416 e. The van der Waals surface area contributed by atoms with Crippen molar-refractivity contribution in [3.63, 3.8) is 0 Å². The summed E-state index contributed by atoms with van der Waals surface area (Å²) in [6.07, 6.45) is -4.23. The molecule has 0 unspecified atom stereocenters. The Morgan fingerprint density at radius 2 is 1.82 bits per heavy atom. The van der Waals surface area contributed by atoms with Crippen LogP contribution in [0.5, 0.6) is 0 Å². The number of nitrogens with one attached hydrogen (secondary N) is 2. The molecule has 1 saturated heterocycles. The van der Waals surface area contributed by atoms with Crippen molar-refractivity contribution in [2.24, 2.45) is 4.99 Å². The van der Waals surface area contributed by atoms with E-state index in [9.17, 15) is 22.8 Å². The highest BCUT2D eigenvalue weighted by Crippen LogP contribution is 2.39. The van der Waals surface area contributed by atoms with Crippen LogP contribution >= 0.6 is 11.6 Å². The molecule has 1 atom stereocenters. The summed E-state index contributed by atoms with van der Waals surface area (Å²) < 4.78 is 45.5. The molecule has 2 aromatic carbocycles. The molecule has 9 nitrogen and oxygen atoms in total. The number of nitrogens with zero attached hydrogens (tertiary/aromatic N) is 2. The van der Waals surface area contributed by atoms with Crippen LogP contribution in [-0.2, 0) is 20.5 Å². The standard InChI is InChI=1S/C21H22ClF3N4O.C4H6O4/c1-30-9-6-15-12-29(8-7-26-15)20-16-10-13(21(23,24)25)2-4-17(16)27-18-5-3-14(22)11-19(18)28-20;5-3(6)1-2-4(7)8/h2-5,10-11,15,26-27H,6-9,12H2,1H3;1-2H2,(H,5,6)(H,7,8)/t15-;/m0./s1. The largest absolute Gasteiger partial charge is 0.481 e. The van der Waals surface area contributed by atoms with E-state index in [1.807, 2.05) is 4.90 Å². The number of carbonyl (C=O) groups is 2. The van der Waals surface area contributed by atoms with Gasteiger partial charge >= 0.3 is 18.1 Å². The molecule has 4 rings (SSSR count). The van der Waals surface area contributed by atoms with Crippen molar-refractivity contribution in [1.82, 2.24) is 10.2 Å². The first kappa shape index (κ1) is 29.2. The van der Waals surface area contributed by atoms with Gasteiger partial charge < -0.3 is 30.5 Å². The maximum atomic E-state index is 13.4. The van der Waals surface area contributed by atoms with Gasteiger partial charge in [0.15, 0.2) is 0 Å². The van der Waals surface area contributed by atoms with Gasteiger partial charge in [0.05, 0.1) is 29.8 Å². The number of aliphatic imine (C=N–C) groups is 1. The number of hydrogen-bond acceptors (Lipinski definition) is 7. The second kappa shape index (κ2) is 12.9. The third-order valence-electron chi connectivity index (χ3n) is 5.82. The summed E-state index contributed by atoms with van der Waals surface area (Å²) in [6, 6.07) is 9.09. The molecule has 4 N–H and O–H groups in total. The first-order valence-corrected chi connectivity index (χ1v) is 12.1. The normalized spacial score (nSPS) is 16.6. The third kappa shape index (κ3) is 8.07. The number of amidine groups is 1. The SMILES string of the molecule is COCC[C@H]1CN(C2=Nc3cc(Cl)ccc3Nc3ccc(C(F)(F)F)cc32)CCN1.O=C(O)CCC(=O)O. The fourth-order valence-corrected chi connectivity index (χ4v) is 4.13. The maximum absolute atomic E-state index is 13.4. The molecule has 0 radical (unpaired) electrons. The summed E-state index contributed by atoms with van der Waals surface area (Å²) in [5, 5.41) is 23.0. The molecule has 0 amide bonds. The zero-order chi connectivity index (χ0) is 27.9. The first-order valence-electron chi connectivity index (χ1n) is 11.8. The summed E-state index contributed by atoms with van der Waals surface area (Å²) in [5.41, 5.74) is 1.58. The summed E-state index contributed by atoms with van der Waals surface area (Å²) >= 11 is 6.16. The van der Waals surface area contributed by atoms with Crippen molar-refractivity contribution in [2.45, 2.75) is 31.5 Å². The number of piperazine rings is 1. The second-order valence-corrected chi connectivity index (χ2v) is 9.08. The van der Waals surface area contributed by atoms with Crippen LogP contribution in [0.2, 0.25) is 5.02 Å². The quantitative estimate of drug-likeness (QED) is 0.402. The molecular weight excluding hydrogens is 529 g/mol. The fraction of sp³-hybridized carbons (Fsp3) is 0.400. The predicted octanol–water partition coefficient (Wildman–Crippen LogP) is 4.74. The van der Waals surface area contributed by atoms with Gasteiger partial charge in [-0.05, 0) is 42.8 Å². The monoisotopic (exact) mass is 556 g/mol. The van der Waals surface area contributed by atoms with Crippen molar-refractivity contribution < 1.29 is 37.7 Å². The summed E-state index contributed by atoms with van der Waals surface area (Å²) in [4.78, 5) is 26.1. The van der Waals surface area contributed by atoms with E-state index in [1.54, 1.807) is 25.3 Å². The third-order valence-corrected chi connectivity index (χ3v) is 6.06. The molecule has 206 valence electrons. The van der Waals surface area contributed by atoms with Gasteiger partial charge in [0, 0.05) is 55.7 Å². The van der Waals surface area contributed by atoms with Gasteiger partial charge in [0.2, 0.25) is 0 Å². The Balaban J connectivity index is 0.000000436. The summed E-state index contributed by atoms with van der Waals surface area (Å²) in [5.74, 6) is -1.65. The number of carboxylic acids is 2. The number of aliphatic carboxylic acids is 2. The number of fused-ring (bicyclic) bond motifs is 2. The molecule has 2 aromatic rings. The number of ether oxygens (including phenoxy) is 1. The van der Waals surface area contributed by atoms with Crippen molar-refractivity contribution in [1.29, 1.82) is 0 Å².